The maximum Gasteiger partial charge on any atom is 0.269 e. The van der Waals surface area contributed by atoms with Gasteiger partial charge < -0.3 is 9.32 Å². The first-order valence-corrected chi connectivity index (χ1v) is 7.06. The molecule has 1 aromatic heterocycles. The Labute approximate surface area is 134 Å². The quantitative estimate of drug-likeness (QED) is 0.626. The molecule has 114 valence electrons. The van der Waals surface area contributed by atoms with Crippen LogP contribution in [0.5, 0.6) is 0 Å². The number of hydrogen-bond donors (Lipinski definition) is 0. The lowest BCUT2D eigenvalue weighted by molar-refractivity contribution is -0.114. The topological polar surface area (TPSA) is 81.0 Å². The number of anilines is 1. The average molecular weight is 305 g/mol. The van der Waals surface area contributed by atoms with Crippen LogP contribution in [-0.2, 0) is 4.79 Å². The molecule has 1 amide bonds. The molecule has 2 rings (SSSR count). The largest absolute Gasteiger partial charge is 0.465 e. The molecule has 0 aliphatic rings. The highest BCUT2D eigenvalue weighted by Crippen LogP contribution is 2.19. The predicted molar refractivity (Wildman–Crippen MR) is 86.1 cm³/mol. The lowest BCUT2D eigenvalue weighted by Crippen LogP contribution is -2.32. The Balaban J connectivity index is 2.34. The van der Waals surface area contributed by atoms with Crippen LogP contribution < -0.4 is 4.90 Å². The van der Waals surface area contributed by atoms with Crippen molar-refractivity contribution in [3.63, 3.8) is 0 Å². The molecule has 1 aromatic carbocycles. The number of nitrogens with zero attached hydrogens (tertiary/aromatic N) is 3. The molecule has 0 unspecified atom stereocenters. The summed E-state index contributed by atoms with van der Waals surface area (Å²) in [6, 6.07) is 14.6. The van der Waals surface area contributed by atoms with E-state index in [2.05, 4.69) is 0 Å². The molecule has 0 aliphatic carbocycles. The Morgan fingerprint density at radius 1 is 1.26 bits per heavy atom. The number of carbonyl (C=O) groups excluding carboxylic acids is 1. The first-order valence-electron chi connectivity index (χ1n) is 7.06. The Kier molecular flexibility index (Phi) is 5.33. The molecule has 0 radical (unpaired) electrons. The second-order valence-electron chi connectivity index (χ2n) is 4.89. The van der Waals surface area contributed by atoms with Gasteiger partial charge in [0.15, 0.2) is 0 Å². The van der Waals surface area contributed by atoms with Crippen molar-refractivity contribution in [2.75, 3.05) is 11.4 Å². The minimum atomic E-state index is -0.456. The molecule has 2 aromatic rings. The van der Waals surface area contributed by atoms with Crippen LogP contribution in [0.3, 0.4) is 0 Å². The van der Waals surface area contributed by atoms with Crippen LogP contribution in [0.1, 0.15) is 17.7 Å². The van der Waals surface area contributed by atoms with Crippen molar-refractivity contribution in [3.8, 4) is 12.1 Å². The number of benzene rings is 1. The maximum absolute atomic E-state index is 12.7. The van der Waals surface area contributed by atoms with Crippen molar-refractivity contribution in [2.24, 2.45) is 0 Å². The normalized spacial score (nSPS) is 10.7. The predicted octanol–water partition coefficient (Wildman–Crippen LogP) is 3.44. The van der Waals surface area contributed by atoms with E-state index >= 15 is 0 Å². The fourth-order valence-electron chi connectivity index (χ4n) is 2.04. The number of aryl methyl sites for hydroxylation is 1. The van der Waals surface area contributed by atoms with E-state index in [-0.39, 0.29) is 18.5 Å². The van der Waals surface area contributed by atoms with Gasteiger partial charge >= 0.3 is 0 Å². The highest BCUT2D eigenvalue weighted by Gasteiger charge is 2.20. The second kappa shape index (κ2) is 7.63. The number of furan rings is 1. The molecular formula is C18H15N3O2. The van der Waals surface area contributed by atoms with Gasteiger partial charge in [-0.2, -0.15) is 10.5 Å². The summed E-state index contributed by atoms with van der Waals surface area (Å²) < 4.78 is 5.15. The molecule has 1 heterocycles. The summed E-state index contributed by atoms with van der Waals surface area (Å²) in [6.07, 6.45) is 3.05. The number of rotatable bonds is 5. The van der Waals surface area contributed by atoms with Crippen molar-refractivity contribution >= 4 is 17.7 Å². The monoisotopic (exact) mass is 305 g/mol. The van der Waals surface area contributed by atoms with Crippen LogP contribution in [0.4, 0.5) is 5.69 Å². The van der Waals surface area contributed by atoms with Crippen LogP contribution in [0.25, 0.3) is 6.08 Å². The van der Waals surface area contributed by atoms with Crippen molar-refractivity contribution in [3.05, 3.63) is 59.6 Å². The Morgan fingerprint density at radius 3 is 2.57 bits per heavy atom. The summed E-state index contributed by atoms with van der Waals surface area (Å²) in [5.74, 6) is -0.0259. The summed E-state index contributed by atoms with van der Waals surface area (Å²) >= 11 is 0. The molecule has 5 nitrogen and oxygen atoms in total. The number of hydrogen-bond acceptors (Lipinski definition) is 4. The van der Waals surface area contributed by atoms with Gasteiger partial charge in [-0.05, 0) is 31.2 Å². The van der Waals surface area contributed by atoms with E-state index in [1.165, 1.54) is 17.2 Å². The molecule has 23 heavy (non-hydrogen) atoms. The van der Waals surface area contributed by atoms with Gasteiger partial charge in [-0.25, -0.2) is 0 Å². The van der Waals surface area contributed by atoms with Crippen molar-refractivity contribution in [2.45, 2.75) is 13.3 Å². The first kappa shape index (κ1) is 16.1. The van der Waals surface area contributed by atoms with Crippen molar-refractivity contribution < 1.29 is 9.21 Å². The summed E-state index contributed by atoms with van der Waals surface area (Å²) in [4.78, 5) is 14.1. The van der Waals surface area contributed by atoms with Crippen LogP contribution in [0.15, 0.2) is 52.7 Å². The average Bonchev–Trinajstić information content (AvgIpc) is 3.07. The molecule has 0 fully saturated rings. The number of carbonyl (C=O) groups is 1. The minimum absolute atomic E-state index is 0.0431. The van der Waals surface area contributed by atoms with Crippen LogP contribution >= 0.6 is 0 Å². The van der Waals surface area contributed by atoms with E-state index in [0.717, 1.165) is 5.56 Å². The molecule has 0 atom stereocenters. The van der Waals surface area contributed by atoms with Gasteiger partial charge in [0.2, 0.25) is 0 Å². The van der Waals surface area contributed by atoms with E-state index in [0.29, 0.717) is 11.4 Å². The second-order valence-corrected chi connectivity index (χ2v) is 4.89. The molecule has 0 aliphatic heterocycles. The van der Waals surface area contributed by atoms with Crippen LogP contribution in [0.2, 0.25) is 0 Å². The third-order valence-electron chi connectivity index (χ3n) is 3.22. The molecule has 0 spiro atoms. The van der Waals surface area contributed by atoms with Gasteiger partial charge in [0.25, 0.3) is 5.91 Å². The minimum Gasteiger partial charge on any atom is -0.465 e. The fraction of sp³-hybridized carbons (Fsp3) is 0.167. The third-order valence-corrected chi connectivity index (χ3v) is 3.22. The zero-order chi connectivity index (χ0) is 16.7. The summed E-state index contributed by atoms with van der Waals surface area (Å²) in [6.45, 7) is 2.16. The van der Waals surface area contributed by atoms with Gasteiger partial charge in [-0.15, -0.1) is 0 Å². The van der Waals surface area contributed by atoms with E-state index in [1.807, 2.05) is 31.2 Å². The van der Waals surface area contributed by atoms with E-state index in [1.54, 1.807) is 24.3 Å². The van der Waals surface area contributed by atoms with E-state index < -0.39 is 5.91 Å². The Hall–Kier alpha value is -3.31. The van der Waals surface area contributed by atoms with Gasteiger partial charge in [-0.1, -0.05) is 17.7 Å². The third kappa shape index (κ3) is 4.09. The van der Waals surface area contributed by atoms with Crippen LogP contribution in [-0.4, -0.2) is 12.5 Å². The molecule has 0 bridgehead atoms. The lowest BCUT2D eigenvalue weighted by atomic mass is 10.1. The smallest absolute Gasteiger partial charge is 0.269 e. The van der Waals surface area contributed by atoms with Gasteiger partial charge in [0, 0.05) is 18.3 Å². The van der Waals surface area contributed by atoms with Crippen LogP contribution in [0, 0.1) is 29.6 Å². The lowest BCUT2D eigenvalue weighted by Gasteiger charge is -2.21. The number of nitriles is 2. The van der Waals surface area contributed by atoms with E-state index in [4.69, 9.17) is 9.68 Å². The highest BCUT2D eigenvalue weighted by molar-refractivity contribution is 6.11. The van der Waals surface area contributed by atoms with Gasteiger partial charge in [0.05, 0.1) is 18.8 Å². The summed E-state index contributed by atoms with van der Waals surface area (Å²) in [5.41, 5.74) is 1.67. The summed E-state index contributed by atoms with van der Waals surface area (Å²) in [7, 11) is 0. The van der Waals surface area contributed by atoms with Gasteiger partial charge in [0.1, 0.15) is 17.4 Å². The molecule has 0 saturated carbocycles. The highest BCUT2D eigenvalue weighted by atomic mass is 16.3. The molecular weight excluding hydrogens is 290 g/mol. The SMILES string of the molecule is Cc1ccc(N(CCC#N)C(=O)C(C#N)=Cc2ccco2)cc1. The van der Waals surface area contributed by atoms with Crippen molar-refractivity contribution in [1.29, 1.82) is 10.5 Å². The fourth-order valence-corrected chi connectivity index (χ4v) is 2.04. The standard InChI is InChI=1S/C18H15N3O2/c1-14-5-7-16(8-6-14)21(10-3-9-19)18(22)15(13-20)12-17-4-2-11-23-17/h2,4-8,11-12H,3,10H2,1H3. The molecule has 0 saturated heterocycles. The first-order chi connectivity index (χ1) is 11.2. The number of amides is 1. The zero-order valence-electron chi connectivity index (χ0n) is 12.7. The van der Waals surface area contributed by atoms with E-state index in [9.17, 15) is 10.1 Å². The summed E-state index contributed by atoms with van der Waals surface area (Å²) in [5, 5.41) is 18.1. The van der Waals surface area contributed by atoms with Crippen molar-refractivity contribution in [1.82, 2.24) is 0 Å². The van der Waals surface area contributed by atoms with Gasteiger partial charge in [-0.3, -0.25) is 4.79 Å². The molecule has 5 heteroatoms. The Morgan fingerprint density at radius 2 is 2.00 bits per heavy atom. The Bertz CT molecular complexity index is 775. The molecule has 0 N–H and O–H groups in total. The zero-order valence-corrected chi connectivity index (χ0v) is 12.7. The maximum atomic E-state index is 12.7.